The van der Waals surface area contributed by atoms with Crippen molar-refractivity contribution in [3.63, 3.8) is 0 Å². The Bertz CT molecular complexity index is 1020. The largest absolute Gasteiger partial charge is 0.441 e. The lowest BCUT2D eigenvalue weighted by atomic mass is 9.80. The molecule has 0 bridgehead atoms. The highest BCUT2D eigenvalue weighted by Crippen LogP contribution is 2.36. The highest BCUT2D eigenvalue weighted by molar-refractivity contribution is 5.65. The van der Waals surface area contributed by atoms with Gasteiger partial charge in [0.25, 0.3) is 0 Å². The van der Waals surface area contributed by atoms with E-state index in [2.05, 4.69) is 0 Å². The van der Waals surface area contributed by atoms with Gasteiger partial charge >= 0.3 is 12.2 Å². The van der Waals surface area contributed by atoms with Crippen LogP contribution in [0.1, 0.15) is 62.3 Å². The SMILES string of the molecule is CC(C)(C)C1O[C@@H](CO)[C@@H](O)[C@H](OC(N)=O)[C@@H]1O.CC(C)(C)C1O[C@H](CO)[C@@H](O)[C@H](O)[C@@H]1O.CC(C)(C)C1O[C@H](CO)[C@@H](O)[C@H](OC(N)=O)[C@@H]1O. The molecule has 302 valence electrons. The van der Waals surface area contributed by atoms with Crippen molar-refractivity contribution in [2.75, 3.05) is 19.8 Å². The number of aliphatic hydroxyl groups is 10. The predicted octanol–water partition coefficient (Wildman–Crippen LogP) is -3.17. The number of aliphatic hydroxyl groups excluding tert-OH is 10. The Morgan fingerprint density at radius 3 is 0.961 bits per heavy atom. The summed E-state index contributed by atoms with van der Waals surface area (Å²) >= 11 is 0. The highest BCUT2D eigenvalue weighted by Gasteiger charge is 2.51. The number of rotatable bonds is 5. The van der Waals surface area contributed by atoms with E-state index in [1.165, 1.54) is 0 Å². The Labute approximate surface area is 298 Å². The molecule has 3 aliphatic heterocycles. The summed E-state index contributed by atoms with van der Waals surface area (Å²) in [5.74, 6) is 0. The van der Waals surface area contributed by atoms with Crippen molar-refractivity contribution < 1.29 is 84.3 Å². The average Bonchev–Trinajstić information content (AvgIpc) is 2.99. The molecule has 3 aliphatic rings. The fraction of sp³-hybridized carbons (Fsp3) is 0.938. The van der Waals surface area contributed by atoms with Gasteiger partial charge in [-0.1, -0.05) is 62.3 Å². The molecule has 0 aliphatic carbocycles. The fourth-order valence-electron chi connectivity index (χ4n) is 5.97. The standard InChI is InChI=1S/2C11H21NO6.C10H20O5/c2*1-11(2,3)9-7(15)8(18-10(12)16)6(14)5(4-13)17-9;1-10(2,3)9-8(14)7(13)6(12)5(4-11)15-9/h2*5-9,13-15H,4H2,1-3H3,(H2,12,16);5-9,11-14H,4H2,1-3H3/t5-,6+,7-,8-,9?;2*5-,6-,7+,8+,9?/m011/s1. The summed E-state index contributed by atoms with van der Waals surface area (Å²) in [6, 6.07) is 0. The molecule has 19 heteroatoms. The zero-order chi connectivity index (χ0) is 40.0. The third-order valence-corrected chi connectivity index (χ3v) is 8.69. The number of ether oxygens (including phenoxy) is 5. The van der Waals surface area contributed by atoms with Crippen LogP contribution in [0.15, 0.2) is 0 Å². The van der Waals surface area contributed by atoms with Crippen LogP contribution in [-0.2, 0) is 23.7 Å². The lowest BCUT2D eigenvalue weighted by molar-refractivity contribution is -0.250. The minimum Gasteiger partial charge on any atom is -0.441 e. The first-order valence-corrected chi connectivity index (χ1v) is 16.6. The van der Waals surface area contributed by atoms with Gasteiger partial charge in [-0.25, -0.2) is 9.59 Å². The first-order chi connectivity index (χ1) is 23.1. The molecule has 2 amide bonds. The highest BCUT2D eigenvalue weighted by atomic mass is 16.6. The molecule has 51 heavy (non-hydrogen) atoms. The Morgan fingerprint density at radius 2 is 0.725 bits per heavy atom. The lowest BCUT2D eigenvalue weighted by Crippen LogP contribution is -2.63. The molecule has 0 radical (unpaired) electrons. The van der Waals surface area contributed by atoms with Gasteiger partial charge < -0.3 is 86.2 Å². The molecule has 0 aromatic carbocycles. The van der Waals surface area contributed by atoms with E-state index in [4.69, 9.17) is 50.5 Å². The van der Waals surface area contributed by atoms with Crippen molar-refractivity contribution in [2.24, 2.45) is 27.7 Å². The summed E-state index contributed by atoms with van der Waals surface area (Å²) in [4.78, 5) is 21.6. The zero-order valence-electron chi connectivity index (χ0n) is 30.8. The van der Waals surface area contributed by atoms with Crippen LogP contribution in [0.25, 0.3) is 0 Å². The number of hydrogen-bond acceptors (Lipinski definition) is 17. The van der Waals surface area contributed by atoms with Gasteiger partial charge in [-0.15, -0.1) is 0 Å². The third kappa shape index (κ3) is 12.5. The van der Waals surface area contributed by atoms with Crippen LogP contribution in [0.5, 0.6) is 0 Å². The quantitative estimate of drug-likeness (QED) is 0.132. The second-order valence-corrected chi connectivity index (χ2v) is 16.2. The zero-order valence-corrected chi connectivity index (χ0v) is 30.8. The molecule has 3 fully saturated rings. The first-order valence-electron chi connectivity index (χ1n) is 16.6. The first kappa shape index (κ1) is 47.0. The van der Waals surface area contributed by atoms with Crippen molar-refractivity contribution >= 4 is 12.2 Å². The number of carbonyl (C=O) groups excluding carboxylic acids is 2. The van der Waals surface area contributed by atoms with Gasteiger partial charge in [0, 0.05) is 0 Å². The topological polar surface area (TPSA) is 335 Å². The van der Waals surface area contributed by atoms with Crippen LogP contribution >= 0.6 is 0 Å². The van der Waals surface area contributed by atoms with Crippen molar-refractivity contribution in [2.45, 2.75) is 154 Å². The smallest absolute Gasteiger partial charge is 0.404 e. The maximum absolute atomic E-state index is 10.8. The number of amides is 2. The van der Waals surface area contributed by atoms with Gasteiger partial charge in [0.15, 0.2) is 12.2 Å². The van der Waals surface area contributed by atoms with Crippen LogP contribution in [0.2, 0.25) is 0 Å². The lowest BCUT2D eigenvalue weighted by Gasteiger charge is -2.46. The summed E-state index contributed by atoms with van der Waals surface area (Å²) < 4.78 is 25.7. The van der Waals surface area contributed by atoms with Crippen LogP contribution in [-0.4, -0.2) is 175 Å². The molecule has 14 N–H and O–H groups in total. The molecule has 19 nitrogen and oxygen atoms in total. The monoisotopic (exact) mass is 746 g/mol. The van der Waals surface area contributed by atoms with E-state index in [-0.39, 0.29) is 12.0 Å². The predicted molar refractivity (Wildman–Crippen MR) is 177 cm³/mol. The van der Waals surface area contributed by atoms with Gasteiger partial charge in [-0.2, -0.15) is 0 Å². The number of nitrogens with two attached hydrogens (primary N) is 2. The van der Waals surface area contributed by atoms with Crippen LogP contribution in [0.4, 0.5) is 9.59 Å². The minimum atomic E-state index is -1.32. The molecule has 0 spiro atoms. The molecule has 0 aromatic heterocycles. The molecular weight excluding hydrogens is 684 g/mol. The van der Waals surface area contributed by atoms with Crippen molar-refractivity contribution in [3.05, 3.63) is 0 Å². The van der Waals surface area contributed by atoms with E-state index >= 15 is 0 Å². The van der Waals surface area contributed by atoms with Crippen LogP contribution in [0.3, 0.4) is 0 Å². The third-order valence-electron chi connectivity index (χ3n) is 8.69. The van der Waals surface area contributed by atoms with Crippen LogP contribution in [0, 0.1) is 16.2 Å². The average molecular weight is 747 g/mol. The molecule has 15 atom stereocenters. The van der Waals surface area contributed by atoms with Gasteiger partial charge in [0.2, 0.25) is 0 Å². The van der Waals surface area contributed by atoms with E-state index < -0.39 is 128 Å². The molecule has 0 aromatic rings. The van der Waals surface area contributed by atoms with Gasteiger partial charge in [0.1, 0.15) is 61.0 Å². The second kappa shape index (κ2) is 18.9. The normalized spacial score (nSPS) is 39.0. The Morgan fingerprint density at radius 1 is 0.471 bits per heavy atom. The minimum absolute atomic E-state index is 0.367. The Balaban J connectivity index is 0.000000384. The molecule has 3 unspecified atom stereocenters. The van der Waals surface area contributed by atoms with Gasteiger partial charge in [-0.3, -0.25) is 0 Å². The second-order valence-electron chi connectivity index (χ2n) is 16.2. The molecular formula is C32H62N2O17. The van der Waals surface area contributed by atoms with E-state index in [1.54, 1.807) is 0 Å². The maximum Gasteiger partial charge on any atom is 0.404 e. The summed E-state index contributed by atoms with van der Waals surface area (Å²) in [5.41, 5.74) is 8.53. The van der Waals surface area contributed by atoms with Crippen molar-refractivity contribution in [1.29, 1.82) is 0 Å². The Kier molecular flexibility index (Phi) is 17.4. The molecule has 3 rings (SSSR count). The van der Waals surface area contributed by atoms with Gasteiger partial charge in [0.05, 0.1) is 38.1 Å². The number of hydrogen-bond donors (Lipinski definition) is 12. The summed E-state index contributed by atoms with van der Waals surface area (Å²) in [7, 11) is 0. The van der Waals surface area contributed by atoms with E-state index in [0.29, 0.717) is 0 Å². The summed E-state index contributed by atoms with van der Waals surface area (Å²) in [5, 5.41) is 96.0. The molecule has 3 saturated heterocycles. The Hall–Kier alpha value is -1.98. The van der Waals surface area contributed by atoms with Crippen molar-refractivity contribution in [1.82, 2.24) is 0 Å². The van der Waals surface area contributed by atoms with Crippen LogP contribution < -0.4 is 11.5 Å². The summed E-state index contributed by atoms with van der Waals surface area (Å²) in [6.07, 6.45) is -18.0. The van der Waals surface area contributed by atoms with Crippen molar-refractivity contribution in [3.8, 4) is 0 Å². The van der Waals surface area contributed by atoms with E-state index in [9.17, 15) is 45.3 Å². The van der Waals surface area contributed by atoms with Gasteiger partial charge in [-0.05, 0) is 16.2 Å². The number of primary amides is 2. The maximum atomic E-state index is 10.8. The van der Waals surface area contributed by atoms with E-state index in [1.807, 2.05) is 62.3 Å². The fourth-order valence-corrected chi connectivity index (χ4v) is 5.97. The summed E-state index contributed by atoms with van der Waals surface area (Å²) in [6.45, 7) is 15.3. The molecule has 3 heterocycles. The molecule has 0 saturated carbocycles. The number of carbonyl (C=O) groups is 2. The van der Waals surface area contributed by atoms with E-state index in [0.717, 1.165) is 0 Å².